The third-order valence-electron chi connectivity index (χ3n) is 10.4. The highest BCUT2D eigenvalue weighted by molar-refractivity contribution is 6.33. The molecule has 0 radical (unpaired) electrons. The maximum atomic E-state index is 16.8. The summed E-state index contributed by atoms with van der Waals surface area (Å²) < 4.78 is 64.5. The van der Waals surface area contributed by atoms with Crippen LogP contribution in [0, 0.1) is 12.8 Å². The van der Waals surface area contributed by atoms with Crippen LogP contribution < -0.4 is 10.9 Å². The summed E-state index contributed by atoms with van der Waals surface area (Å²) in [5.41, 5.74) is -1.63. The number of benzene rings is 1. The molecule has 266 valence electrons. The van der Waals surface area contributed by atoms with Gasteiger partial charge in [0.15, 0.2) is 17.3 Å². The number of nitrogens with zero attached hydrogens (tertiary/aromatic N) is 7. The number of halogens is 5. The summed E-state index contributed by atoms with van der Waals surface area (Å²) in [5, 5.41) is 17.2. The van der Waals surface area contributed by atoms with E-state index in [4.69, 9.17) is 16.3 Å². The Hall–Kier alpha value is -4.90. The first-order chi connectivity index (χ1) is 24.3. The summed E-state index contributed by atoms with van der Waals surface area (Å²) in [4.78, 5) is 55.1. The number of carbonyl (C=O) groups is 2. The fourth-order valence-electron chi connectivity index (χ4n) is 7.88. The van der Waals surface area contributed by atoms with Gasteiger partial charge in [0.05, 0.1) is 41.7 Å². The van der Waals surface area contributed by atoms with Crippen molar-refractivity contribution in [3.05, 3.63) is 80.0 Å². The van der Waals surface area contributed by atoms with Gasteiger partial charge in [0.25, 0.3) is 11.5 Å². The average Bonchev–Trinajstić information content (AvgIpc) is 3.67. The zero-order valence-electron chi connectivity index (χ0n) is 26.9. The van der Waals surface area contributed by atoms with Crippen molar-refractivity contribution in [3.8, 4) is 5.75 Å². The van der Waals surface area contributed by atoms with E-state index in [0.29, 0.717) is 37.8 Å². The Morgan fingerprint density at radius 3 is 2.75 bits per heavy atom. The second-order valence-corrected chi connectivity index (χ2v) is 13.6. The summed E-state index contributed by atoms with van der Waals surface area (Å²) in [7, 11) is 0. The number of aromatic hydroxyl groups is 1. The first-order valence-corrected chi connectivity index (χ1v) is 16.6. The predicted octanol–water partition coefficient (Wildman–Crippen LogP) is 4.05. The van der Waals surface area contributed by atoms with E-state index < -0.39 is 53.0 Å². The molecule has 18 heteroatoms. The number of aryl methyl sites for hydroxylation is 1. The van der Waals surface area contributed by atoms with E-state index in [1.165, 1.54) is 16.4 Å². The lowest BCUT2D eigenvalue weighted by Gasteiger charge is -2.43. The molecule has 4 atom stereocenters. The largest absolute Gasteiger partial charge is 0.504 e. The number of rotatable bonds is 5. The normalized spacial score (nSPS) is 24.0. The van der Waals surface area contributed by atoms with E-state index >= 15 is 4.39 Å². The minimum Gasteiger partial charge on any atom is -0.504 e. The molecule has 2 aliphatic carbocycles. The number of fused-ring (bicyclic) bond motifs is 6. The second-order valence-electron chi connectivity index (χ2n) is 13.2. The molecule has 1 aromatic carbocycles. The van der Waals surface area contributed by atoms with Crippen molar-refractivity contribution in [2.45, 2.75) is 56.4 Å². The maximum Gasteiger partial charge on any atom is 0.416 e. The van der Waals surface area contributed by atoms with Gasteiger partial charge in [-0.3, -0.25) is 14.4 Å². The highest BCUT2D eigenvalue weighted by Gasteiger charge is 2.68. The fourth-order valence-corrected chi connectivity index (χ4v) is 8.11. The smallest absolute Gasteiger partial charge is 0.416 e. The maximum absolute atomic E-state index is 16.8. The number of likely N-dealkylation sites (tertiary alicyclic amines) is 1. The molecule has 3 aromatic heterocycles. The van der Waals surface area contributed by atoms with Crippen LogP contribution >= 0.6 is 11.6 Å². The van der Waals surface area contributed by atoms with Gasteiger partial charge in [-0.15, -0.1) is 5.10 Å². The van der Waals surface area contributed by atoms with Crippen LogP contribution in [0.1, 0.15) is 64.0 Å². The number of piperidine rings is 1. The summed E-state index contributed by atoms with van der Waals surface area (Å²) in [6.07, 6.45) is -2.32. The molecular weight excluding hydrogens is 700 g/mol. The number of anilines is 1. The van der Waals surface area contributed by atoms with E-state index in [1.54, 1.807) is 6.08 Å². The SMILES string of the molecule is Cc1ncnc(C(=O)N2CC[C@@]3(c4c(n(CC(=O)Nc5ccc(C(F)(F)F)cc5Cl)c5nc(C6=CCOCC6)nn5c4=O)[C@H]4C[C@H]43)[C@H](F)C2)c1O. The predicted molar refractivity (Wildman–Crippen MR) is 172 cm³/mol. The molecule has 5 heterocycles. The number of hydrogen-bond acceptors (Lipinski definition) is 9. The van der Waals surface area contributed by atoms with E-state index in [1.807, 2.05) is 0 Å². The summed E-state index contributed by atoms with van der Waals surface area (Å²) in [6, 6.07) is 2.56. The van der Waals surface area contributed by atoms with Crippen molar-refractivity contribution in [2.24, 2.45) is 5.92 Å². The third-order valence-corrected chi connectivity index (χ3v) is 10.7. The molecular formula is C33H29ClF4N8O5. The number of hydrogen-bond donors (Lipinski definition) is 2. The lowest BCUT2D eigenvalue weighted by Crippen LogP contribution is -2.55. The van der Waals surface area contributed by atoms with Crippen LogP contribution in [0.5, 0.6) is 5.75 Å². The molecule has 4 aliphatic rings. The molecule has 1 spiro atoms. The molecule has 0 bridgehead atoms. The van der Waals surface area contributed by atoms with Crippen LogP contribution in [0.3, 0.4) is 0 Å². The lowest BCUT2D eigenvalue weighted by molar-refractivity contribution is -0.137. The molecule has 13 nitrogen and oxygen atoms in total. The van der Waals surface area contributed by atoms with Gasteiger partial charge in [-0.05, 0) is 55.9 Å². The average molecular weight is 729 g/mol. The number of amides is 2. The second kappa shape index (κ2) is 11.8. The fraction of sp³-hybridized carbons (Fsp3) is 0.424. The van der Waals surface area contributed by atoms with Crippen molar-refractivity contribution in [2.75, 3.05) is 31.6 Å². The number of nitrogens with one attached hydrogen (secondary N) is 1. The van der Waals surface area contributed by atoms with Gasteiger partial charge in [-0.25, -0.2) is 14.4 Å². The highest BCUT2D eigenvalue weighted by atomic mass is 35.5. The van der Waals surface area contributed by atoms with E-state index in [-0.39, 0.29) is 70.6 Å². The summed E-state index contributed by atoms with van der Waals surface area (Å²) in [6.45, 7) is 1.50. The van der Waals surface area contributed by atoms with Crippen LogP contribution in [0.25, 0.3) is 11.4 Å². The monoisotopic (exact) mass is 728 g/mol. The first kappa shape index (κ1) is 33.3. The van der Waals surface area contributed by atoms with Gasteiger partial charge in [-0.1, -0.05) is 17.7 Å². The van der Waals surface area contributed by atoms with Gasteiger partial charge >= 0.3 is 6.18 Å². The van der Waals surface area contributed by atoms with E-state index in [2.05, 4.69) is 25.4 Å². The summed E-state index contributed by atoms with van der Waals surface area (Å²) >= 11 is 6.12. The molecule has 1 saturated carbocycles. The molecule has 2 amide bonds. The minimum absolute atomic E-state index is 0.0511. The third kappa shape index (κ3) is 5.27. The van der Waals surface area contributed by atoms with Crippen molar-refractivity contribution < 1.29 is 37.0 Å². The Kier molecular flexibility index (Phi) is 7.72. The molecule has 4 aromatic rings. The van der Waals surface area contributed by atoms with Crippen molar-refractivity contribution in [1.82, 2.24) is 34.0 Å². The number of carbonyl (C=O) groups excluding carboxylic acids is 2. The number of ether oxygens (including phenoxy) is 1. The van der Waals surface area contributed by atoms with Gasteiger partial charge in [0, 0.05) is 29.1 Å². The van der Waals surface area contributed by atoms with Gasteiger partial charge in [-0.2, -0.15) is 22.7 Å². The van der Waals surface area contributed by atoms with Gasteiger partial charge in [0.2, 0.25) is 11.7 Å². The summed E-state index contributed by atoms with van der Waals surface area (Å²) in [5.74, 6) is -2.03. The zero-order valence-corrected chi connectivity index (χ0v) is 27.6. The Balaban J connectivity index is 1.19. The lowest BCUT2D eigenvalue weighted by atomic mass is 9.70. The molecule has 0 unspecified atom stereocenters. The van der Waals surface area contributed by atoms with Crippen molar-refractivity contribution in [1.29, 1.82) is 0 Å². The molecule has 2 N–H and O–H groups in total. The standard InChI is InChI=1S/C33H29ClF4N8O5/c1-15-27(48)25(40-14-39-15)30(50)44-7-6-32(22(35)12-44)19-11-18(19)26-24(32)29(49)46-31(42-28(43-46)16-4-8-51-9-5-16)45(26)13-23(47)41-21-3-2-17(10-20(21)34)33(36,37)38/h2-4,10,14,18-19,22,48H,5-9,11-13H2,1H3,(H,41,47)/t18-,19+,22+,32-/m0/s1. The van der Waals surface area contributed by atoms with Crippen LogP contribution in [0.15, 0.2) is 35.4 Å². The first-order valence-electron chi connectivity index (χ1n) is 16.2. The van der Waals surface area contributed by atoms with Crippen LogP contribution in [0.4, 0.5) is 23.2 Å². The molecule has 1 saturated heterocycles. The number of aromatic nitrogens is 6. The van der Waals surface area contributed by atoms with Crippen LogP contribution in [-0.4, -0.2) is 83.4 Å². The van der Waals surface area contributed by atoms with Gasteiger partial charge in [0.1, 0.15) is 19.0 Å². The van der Waals surface area contributed by atoms with Crippen molar-refractivity contribution >= 4 is 40.5 Å². The van der Waals surface area contributed by atoms with Crippen LogP contribution in [-0.2, 0) is 27.7 Å². The zero-order chi connectivity index (χ0) is 36.0. The van der Waals surface area contributed by atoms with E-state index in [9.17, 15) is 32.7 Å². The molecule has 51 heavy (non-hydrogen) atoms. The highest BCUT2D eigenvalue weighted by Crippen LogP contribution is 2.68. The Bertz CT molecular complexity index is 2240. The molecule has 2 aliphatic heterocycles. The topological polar surface area (TPSA) is 157 Å². The molecule has 2 fully saturated rings. The Morgan fingerprint density at radius 2 is 2.04 bits per heavy atom. The Labute approximate surface area is 290 Å². The quantitative estimate of drug-likeness (QED) is 0.290. The van der Waals surface area contributed by atoms with Crippen LogP contribution in [0.2, 0.25) is 5.02 Å². The number of alkyl halides is 4. The van der Waals surface area contributed by atoms with E-state index in [0.717, 1.165) is 28.5 Å². The minimum atomic E-state index is -4.63. The molecule has 8 rings (SSSR count). The van der Waals surface area contributed by atoms with Gasteiger partial charge < -0.3 is 24.6 Å². The van der Waals surface area contributed by atoms with Crippen molar-refractivity contribution in [3.63, 3.8) is 0 Å². The Morgan fingerprint density at radius 1 is 1.24 bits per heavy atom.